The van der Waals surface area contributed by atoms with Gasteiger partial charge in [-0.2, -0.15) is 59.3 Å². The maximum absolute atomic E-state index is 12.7. The van der Waals surface area contributed by atoms with Gasteiger partial charge in [0.2, 0.25) is 0 Å². The third-order valence-corrected chi connectivity index (χ3v) is 1.85. The first-order valence-electron chi connectivity index (χ1n) is 4.03. The van der Waals surface area contributed by atoms with Gasteiger partial charge in [0, 0.05) is 0 Å². The van der Waals surface area contributed by atoms with E-state index >= 15 is 0 Å². The molecule has 0 fully saturated rings. The Morgan fingerprint density at radius 1 is 0.579 bits per heavy atom. The molecule has 19 heavy (non-hydrogen) atoms. The Hall–Kier alpha value is -1.56. The number of nitrogens with one attached hydrogen (secondary N) is 1. The molecule has 0 radical (unpaired) electrons. The molecule has 0 spiro atoms. The van der Waals surface area contributed by atoms with Gasteiger partial charge in [-0.3, -0.25) is 0 Å². The number of aromatic nitrogens is 3. The molecule has 1 rings (SSSR count). The van der Waals surface area contributed by atoms with Crippen molar-refractivity contribution < 1.29 is 43.9 Å². The van der Waals surface area contributed by atoms with Crippen molar-refractivity contribution in [3.63, 3.8) is 0 Å². The summed E-state index contributed by atoms with van der Waals surface area (Å²) in [6, 6.07) is 0. The van der Waals surface area contributed by atoms with Gasteiger partial charge in [-0.1, -0.05) is 0 Å². The molecule has 110 valence electrons. The number of alkyl halides is 10. The van der Waals surface area contributed by atoms with Crippen molar-refractivity contribution >= 4 is 0 Å². The van der Waals surface area contributed by atoms with E-state index < -0.39 is 35.6 Å². The SMILES string of the molecule is FC(F)(F)C(F)(F)c1n[nH]nc1C(F)(F)C(F)(F)F. The fourth-order valence-electron chi connectivity index (χ4n) is 0.937. The zero-order valence-corrected chi connectivity index (χ0v) is 8.17. The minimum Gasteiger partial charge on any atom is -0.197 e. The van der Waals surface area contributed by atoms with E-state index in [4.69, 9.17) is 0 Å². The van der Waals surface area contributed by atoms with Gasteiger partial charge in [0.15, 0.2) is 11.4 Å². The van der Waals surface area contributed by atoms with Crippen molar-refractivity contribution in [1.82, 2.24) is 15.4 Å². The van der Waals surface area contributed by atoms with Gasteiger partial charge in [0.1, 0.15) is 0 Å². The van der Waals surface area contributed by atoms with Crippen molar-refractivity contribution in [1.29, 1.82) is 0 Å². The number of hydrogen-bond acceptors (Lipinski definition) is 2. The van der Waals surface area contributed by atoms with Crippen LogP contribution in [0.2, 0.25) is 0 Å². The predicted molar refractivity (Wildman–Crippen MR) is 36.3 cm³/mol. The quantitative estimate of drug-likeness (QED) is 0.853. The monoisotopic (exact) mass is 305 g/mol. The minimum absolute atomic E-state index is 0.895. The minimum atomic E-state index is -6.40. The summed E-state index contributed by atoms with van der Waals surface area (Å²) in [5.41, 5.74) is -5.66. The molecule has 1 aromatic heterocycles. The molecule has 0 saturated heterocycles. The van der Waals surface area contributed by atoms with Gasteiger partial charge in [0.05, 0.1) is 0 Å². The molecule has 3 nitrogen and oxygen atoms in total. The number of H-pyrrole nitrogens is 1. The Balaban J connectivity index is 3.43. The van der Waals surface area contributed by atoms with Gasteiger partial charge in [-0.05, 0) is 0 Å². The van der Waals surface area contributed by atoms with Crippen molar-refractivity contribution in [2.45, 2.75) is 24.2 Å². The number of hydrogen-bond donors (Lipinski definition) is 1. The van der Waals surface area contributed by atoms with Gasteiger partial charge in [-0.25, -0.2) is 0 Å². The highest BCUT2D eigenvalue weighted by molar-refractivity contribution is 5.22. The highest BCUT2D eigenvalue weighted by atomic mass is 19.4. The fraction of sp³-hybridized carbons (Fsp3) is 0.667. The maximum atomic E-state index is 12.7. The molecular weight excluding hydrogens is 304 g/mol. The predicted octanol–water partition coefficient (Wildman–Crippen LogP) is 3.11. The van der Waals surface area contributed by atoms with E-state index in [1.807, 2.05) is 10.2 Å². The maximum Gasteiger partial charge on any atom is 0.459 e. The standard InChI is InChI=1S/C6HF10N3/c7-3(8,5(11,12)13)1-2(18-19-17-1)4(9,10)6(14,15)16/h(H,17,18,19). The summed E-state index contributed by atoms with van der Waals surface area (Å²) >= 11 is 0. The third-order valence-electron chi connectivity index (χ3n) is 1.85. The molecule has 0 atom stereocenters. The summed E-state index contributed by atoms with van der Waals surface area (Å²) in [7, 11) is 0. The van der Waals surface area contributed by atoms with E-state index in [1.54, 1.807) is 0 Å². The van der Waals surface area contributed by atoms with E-state index in [9.17, 15) is 43.9 Å². The molecule has 0 bridgehead atoms. The number of halogens is 10. The summed E-state index contributed by atoms with van der Waals surface area (Å²) in [5.74, 6) is -12.0. The molecule has 0 aliphatic heterocycles. The van der Waals surface area contributed by atoms with E-state index in [0.29, 0.717) is 0 Å². The van der Waals surface area contributed by atoms with Gasteiger partial charge >= 0.3 is 24.2 Å². The molecule has 0 aromatic carbocycles. The van der Waals surface area contributed by atoms with E-state index in [-0.39, 0.29) is 0 Å². The van der Waals surface area contributed by atoms with Crippen LogP contribution >= 0.6 is 0 Å². The third kappa shape index (κ3) is 2.32. The largest absolute Gasteiger partial charge is 0.459 e. The molecule has 1 N–H and O–H groups in total. The lowest BCUT2D eigenvalue weighted by Gasteiger charge is -2.22. The Labute approximate surface area is 96.1 Å². The second kappa shape index (κ2) is 3.96. The highest BCUT2D eigenvalue weighted by Gasteiger charge is 2.68. The Morgan fingerprint density at radius 3 is 1.05 bits per heavy atom. The number of rotatable bonds is 2. The first-order chi connectivity index (χ1) is 8.23. The van der Waals surface area contributed by atoms with Crippen LogP contribution in [0.15, 0.2) is 0 Å². The summed E-state index contributed by atoms with van der Waals surface area (Å²) in [6.07, 6.45) is -12.8. The highest BCUT2D eigenvalue weighted by Crippen LogP contribution is 2.50. The van der Waals surface area contributed by atoms with Crippen LogP contribution in [0.5, 0.6) is 0 Å². The zero-order valence-electron chi connectivity index (χ0n) is 8.17. The van der Waals surface area contributed by atoms with Crippen LogP contribution in [0.25, 0.3) is 0 Å². The number of nitrogens with zero attached hydrogens (tertiary/aromatic N) is 2. The van der Waals surface area contributed by atoms with Crippen molar-refractivity contribution in [3.05, 3.63) is 11.4 Å². The summed E-state index contributed by atoms with van der Waals surface area (Å²) in [5, 5.41) is 4.99. The lowest BCUT2D eigenvalue weighted by molar-refractivity contribution is -0.303. The van der Waals surface area contributed by atoms with Gasteiger partial charge < -0.3 is 0 Å². The van der Waals surface area contributed by atoms with Crippen LogP contribution < -0.4 is 0 Å². The van der Waals surface area contributed by atoms with Crippen molar-refractivity contribution in [3.8, 4) is 0 Å². The van der Waals surface area contributed by atoms with Crippen LogP contribution in [0.3, 0.4) is 0 Å². The number of aromatic amines is 1. The first-order valence-corrected chi connectivity index (χ1v) is 4.03. The zero-order chi connectivity index (χ0) is 15.3. The van der Waals surface area contributed by atoms with Crippen LogP contribution in [0, 0.1) is 0 Å². The van der Waals surface area contributed by atoms with Crippen LogP contribution in [-0.4, -0.2) is 27.8 Å². The van der Waals surface area contributed by atoms with E-state index in [1.165, 1.54) is 0 Å². The molecule has 0 aliphatic rings. The Kier molecular flexibility index (Phi) is 3.23. The molecule has 0 amide bonds. The molecule has 1 aromatic rings. The van der Waals surface area contributed by atoms with Gasteiger partial charge in [-0.15, -0.1) is 0 Å². The Bertz CT molecular complexity index is 414. The molecule has 1 heterocycles. The second-order valence-corrected chi connectivity index (χ2v) is 3.17. The smallest absolute Gasteiger partial charge is 0.197 e. The average Bonchev–Trinajstić information content (AvgIpc) is 2.62. The topological polar surface area (TPSA) is 41.6 Å². The molecule has 0 unspecified atom stereocenters. The van der Waals surface area contributed by atoms with Crippen molar-refractivity contribution in [2.75, 3.05) is 0 Å². The summed E-state index contributed by atoms with van der Waals surface area (Å²) in [6.45, 7) is 0. The lowest BCUT2D eigenvalue weighted by Crippen LogP contribution is -2.40. The molecular formula is C6HF10N3. The normalized spacial score (nSPS) is 14.8. The van der Waals surface area contributed by atoms with E-state index in [2.05, 4.69) is 0 Å². The fourth-order valence-corrected chi connectivity index (χ4v) is 0.937. The van der Waals surface area contributed by atoms with Crippen LogP contribution in [0.1, 0.15) is 11.4 Å². The molecule has 13 heteroatoms. The lowest BCUT2D eigenvalue weighted by atomic mass is 10.1. The summed E-state index contributed by atoms with van der Waals surface area (Å²) in [4.78, 5) is 0. The second-order valence-electron chi connectivity index (χ2n) is 3.17. The Morgan fingerprint density at radius 2 is 0.842 bits per heavy atom. The van der Waals surface area contributed by atoms with Gasteiger partial charge in [0.25, 0.3) is 0 Å². The summed E-state index contributed by atoms with van der Waals surface area (Å²) < 4.78 is 122. The van der Waals surface area contributed by atoms with Crippen LogP contribution in [0.4, 0.5) is 43.9 Å². The molecule has 0 saturated carbocycles. The average molecular weight is 305 g/mol. The van der Waals surface area contributed by atoms with Crippen LogP contribution in [-0.2, 0) is 11.8 Å². The van der Waals surface area contributed by atoms with E-state index in [0.717, 1.165) is 5.21 Å². The van der Waals surface area contributed by atoms with Crippen molar-refractivity contribution in [2.24, 2.45) is 0 Å². The molecule has 0 aliphatic carbocycles. The first kappa shape index (κ1) is 15.5.